The largest absolute Gasteiger partial charge is 0.327 e. The SMILES string of the molecule is CCN1C(=O)N(C2Cc3ccccc3C2)C(=O)C12CCN(Cc1c(C)nn(C)c1Cl)CC2. The standard InChI is InChI=1S/C24H30ClN5O2/c1-4-29-23(32)30(19-13-17-7-5-6-8-18(17)14-19)22(31)24(29)9-11-28(12-10-24)15-20-16(2)26-27(3)21(20)25/h5-8,19H,4,9-15H2,1-3H3. The Morgan fingerprint density at radius 2 is 1.75 bits per heavy atom. The van der Waals surface area contributed by atoms with Crippen molar-refractivity contribution in [1.82, 2.24) is 24.5 Å². The van der Waals surface area contributed by atoms with Crippen molar-refractivity contribution in [3.05, 3.63) is 51.8 Å². The highest BCUT2D eigenvalue weighted by molar-refractivity contribution is 6.30. The van der Waals surface area contributed by atoms with Crippen molar-refractivity contribution in [2.24, 2.45) is 7.05 Å². The number of aryl methyl sites for hydroxylation is 2. The molecule has 1 aromatic carbocycles. The fraction of sp³-hybridized carbons (Fsp3) is 0.542. The van der Waals surface area contributed by atoms with Crippen molar-refractivity contribution in [3.8, 4) is 0 Å². The maximum absolute atomic E-state index is 13.8. The number of amides is 3. The van der Waals surface area contributed by atoms with Crippen LogP contribution in [0.1, 0.15) is 42.1 Å². The maximum atomic E-state index is 13.8. The first-order valence-electron chi connectivity index (χ1n) is 11.5. The normalized spacial score (nSPS) is 21.2. The monoisotopic (exact) mass is 455 g/mol. The van der Waals surface area contributed by atoms with Crippen LogP contribution in [0.25, 0.3) is 0 Å². The van der Waals surface area contributed by atoms with Crippen LogP contribution < -0.4 is 0 Å². The number of likely N-dealkylation sites (tertiary alicyclic amines) is 1. The van der Waals surface area contributed by atoms with Crippen LogP contribution in [0, 0.1) is 6.92 Å². The number of carbonyl (C=O) groups excluding carboxylic acids is 2. The summed E-state index contributed by atoms with van der Waals surface area (Å²) in [5.74, 6) is -0.00241. The van der Waals surface area contributed by atoms with Crippen molar-refractivity contribution in [3.63, 3.8) is 0 Å². The predicted octanol–water partition coefficient (Wildman–Crippen LogP) is 3.17. The van der Waals surface area contributed by atoms with Gasteiger partial charge in [-0.15, -0.1) is 0 Å². The molecule has 2 aromatic rings. The Balaban J connectivity index is 1.33. The number of nitrogens with zero attached hydrogens (tertiary/aromatic N) is 5. The molecule has 170 valence electrons. The van der Waals surface area contributed by atoms with Gasteiger partial charge in [0.15, 0.2) is 0 Å². The van der Waals surface area contributed by atoms with Gasteiger partial charge in [0.1, 0.15) is 10.7 Å². The lowest BCUT2D eigenvalue weighted by atomic mass is 9.85. The fourth-order valence-corrected chi connectivity index (χ4v) is 6.09. The Labute approximate surface area is 193 Å². The minimum absolute atomic E-state index is 0.00241. The van der Waals surface area contributed by atoms with E-state index in [9.17, 15) is 9.59 Å². The summed E-state index contributed by atoms with van der Waals surface area (Å²) in [5, 5.41) is 5.07. The number of benzene rings is 1. The number of urea groups is 1. The third-order valence-electron chi connectivity index (χ3n) is 7.62. The molecule has 0 saturated carbocycles. The highest BCUT2D eigenvalue weighted by Crippen LogP contribution is 2.40. The van der Waals surface area contributed by atoms with E-state index in [0.717, 1.165) is 37.2 Å². The zero-order chi connectivity index (χ0) is 22.6. The third kappa shape index (κ3) is 3.17. The van der Waals surface area contributed by atoms with E-state index in [-0.39, 0.29) is 18.0 Å². The predicted molar refractivity (Wildman–Crippen MR) is 122 cm³/mol. The first kappa shape index (κ1) is 21.5. The molecular weight excluding hydrogens is 426 g/mol. The zero-order valence-corrected chi connectivity index (χ0v) is 19.7. The molecular formula is C24H30ClN5O2. The van der Waals surface area contributed by atoms with Crippen LogP contribution in [0.5, 0.6) is 0 Å². The maximum Gasteiger partial charge on any atom is 0.327 e. The molecule has 2 fully saturated rings. The first-order chi connectivity index (χ1) is 15.4. The van der Waals surface area contributed by atoms with Gasteiger partial charge in [-0.25, -0.2) is 4.79 Å². The third-order valence-corrected chi connectivity index (χ3v) is 8.09. The van der Waals surface area contributed by atoms with Crippen molar-refractivity contribution >= 4 is 23.5 Å². The Morgan fingerprint density at radius 3 is 2.28 bits per heavy atom. The molecule has 7 nitrogen and oxygen atoms in total. The molecule has 0 bridgehead atoms. The number of likely N-dealkylation sites (N-methyl/N-ethyl adjacent to an activating group) is 1. The summed E-state index contributed by atoms with van der Waals surface area (Å²) < 4.78 is 1.70. The lowest BCUT2D eigenvalue weighted by Gasteiger charge is -2.42. The lowest BCUT2D eigenvalue weighted by Crippen LogP contribution is -2.56. The summed E-state index contributed by atoms with van der Waals surface area (Å²) in [7, 11) is 1.85. The minimum Gasteiger partial charge on any atom is -0.310 e. The van der Waals surface area contributed by atoms with E-state index < -0.39 is 5.54 Å². The lowest BCUT2D eigenvalue weighted by molar-refractivity contribution is -0.137. The number of fused-ring (bicyclic) bond motifs is 1. The average molecular weight is 456 g/mol. The minimum atomic E-state index is -0.717. The highest BCUT2D eigenvalue weighted by Gasteiger charge is 2.59. The smallest absolute Gasteiger partial charge is 0.310 e. The molecule has 0 unspecified atom stereocenters. The molecule has 3 heterocycles. The summed E-state index contributed by atoms with van der Waals surface area (Å²) in [5.41, 5.74) is 3.76. The number of aromatic nitrogens is 2. The van der Waals surface area contributed by atoms with Gasteiger partial charge in [0.05, 0.1) is 5.69 Å². The van der Waals surface area contributed by atoms with Gasteiger partial charge in [0, 0.05) is 44.8 Å². The number of halogens is 1. The molecule has 32 heavy (non-hydrogen) atoms. The average Bonchev–Trinajstić information content (AvgIpc) is 3.37. The van der Waals surface area contributed by atoms with Crippen molar-refractivity contribution in [1.29, 1.82) is 0 Å². The number of imide groups is 1. The van der Waals surface area contributed by atoms with Crippen LogP contribution in [-0.2, 0) is 31.2 Å². The zero-order valence-electron chi connectivity index (χ0n) is 19.0. The number of rotatable bonds is 4. The topological polar surface area (TPSA) is 61.7 Å². The van der Waals surface area contributed by atoms with Crippen LogP contribution in [0.15, 0.2) is 24.3 Å². The molecule has 0 radical (unpaired) electrons. The number of piperidine rings is 1. The van der Waals surface area contributed by atoms with Crippen LogP contribution >= 0.6 is 11.6 Å². The molecule has 1 aromatic heterocycles. The van der Waals surface area contributed by atoms with Crippen molar-refractivity contribution < 1.29 is 9.59 Å². The van der Waals surface area contributed by atoms with Crippen molar-refractivity contribution in [2.75, 3.05) is 19.6 Å². The second-order valence-electron chi connectivity index (χ2n) is 9.32. The second kappa shape index (κ2) is 7.89. The first-order valence-corrected chi connectivity index (χ1v) is 11.9. The molecule has 3 amide bonds. The van der Waals surface area contributed by atoms with E-state index in [4.69, 9.17) is 11.6 Å². The Morgan fingerprint density at radius 1 is 1.12 bits per heavy atom. The van der Waals surface area contributed by atoms with E-state index in [1.807, 2.05) is 37.9 Å². The molecule has 8 heteroatoms. The van der Waals surface area contributed by atoms with Gasteiger partial charge in [0.2, 0.25) is 0 Å². The fourth-order valence-electron chi connectivity index (χ4n) is 5.86. The Bertz CT molecular complexity index is 1050. The van der Waals surface area contributed by atoms with E-state index in [1.54, 1.807) is 9.58 Å². The molecule has 5 rings (SSSR count). The number of carbonyl (C=O) groups is 2. The molecule has 2 aliphatic heterocycles. The Kier molecular flexibility index (Phi) is 5.29. The van der Waals surface area contributed by atoms with Gasteiger partial charge in [-0.1, -0.05) is 35.9 Å². The summed E-state index contributed by atoms with van der Waals surface area (Å²) in [6, 6.07) is 8.09. The van der Waals surface area contributed by atoms with Gasteiger partial charge in [-0.3, -0.25) is 19.3 Å². The molecule has 1 aliphatic carbocycles. The molecule has 1 spiro atoms. The quantitative estimate of drug-likeness (QED) is 0.664. The summed E-state index contributed by atoms with van der Waals surface area (Å²) in [6.07, 6.45) is 2.81. The van der Waals surface area contributed by atoms with Crippen LogP contribution in [0.2, 0.25) is 5.15 Å². The molecule has 0 N–H and O–H groups in total. The van der Waals surface area contributed by atoms with E-state index >= 15 is 0 Å². The van der Waals surface area contributed by atoms with Gasteiger partial charge >= 0.3 is 6.03 Å². The number of hydrogen-bond acceptors (Lipinski definition) is 4. The summed E-state index contributed by atoms with van der Waals surface area (Å²) in [4.78, 5) is 32.9. The van der Waals surface area contributed by atoms with Crippen LogP contribution in [0.3, 0.4) is 0 Å². The molecule has 3 aliphatic rings. The highest BCUT2D eigenvalue weighted by atomic mass is 35.5. The molecule has 0 atom stereocenters. The van der Waals surface area contributed by atoms with Crippen LogP contribution in [0.4, 0.5) is 4.79 Å². The van der Waals surface area contributed by atoms with Gasteiger partial charge in [-0.2, -0.15) is 5.10 Å². The van der Waals surface area contributed by atoms with E-state index in [1.165, 1.54) is 11.1 Å². The van der Waals surface area contributed by atoms with Gasteiger partial charge < -0.3 is 4.90 Å². The van der Waals surface area contributed by atoms with Crippen LogP contribution in [-0.4, -0.2) is 67.6 Å². The van der Waals surface area contributed by atoms with Crippen molar-refractivity contribution in [2.45, 2.75) is 57.7 Å². The van der Waals surface area contributed by atoms with Gasteiger partial charge in [-0.05, 0) is 50.7 Å². The van der Waals surface area contributed by atoms with E-state index in [0.29, 0.717) is 31.1 Å². The Hall–Kier alpha value is -2.38. The number of hydrogen-bond donors (Lipinski definition) is 0. The molecule has 2 saturated heterocycles. The van der Waals surface area contributed by atoms with Gasteiger partial charge in [0.25, 0.3) is 5.91 Å². The summed E-state index contributed by atoms with van der Waals surface area (Å²) in [6.45, 7) is 6.71. The summed E-state index contributed by atoms with van der Waals surface area (Å²) >= 11 is 6.43. The van der Waals surface area contributed by atoms with E-state index in [2.05, 4.69) is 22.1 Å². The second-order valence-corrected chi connectivity index (χ2v) is 9.68.